The fourth-order valence-electron chi connectivity index (χ4n) is 4.14. The molecule has 152 valence electrons. The summed E-state index contributed by atoms with van der Waals surface area (Å²) in [5.74, 6) is -0.337. The van der Waals surface area contributed by atoms with E-state index in [1.807, 2.05) is 13.0 Å². The zero-order valence-corrected chi connectivity index (χ0v) is 18.0. The Morgan fingerprint density at radius 3 is 2.37 bits per heavy atom. The summed E-state index contributed by atoms with van der Waals surface area (Å²) in [5, 5.41) is 0.572. The molecule has 0 radical (unpaired) electrons. The number of hydrogen-bond donors (Lipinski definition) is 0. The standard InChI is InChI=1S/C21H33ClN2O3/c1-6-24(18-9-7-17(8-10-18)23(3)11-12-26-4)20-14-16(22)13-19(15(20)2)21(25)27-5/h13-14,17-18H,6-12H2,1-5H3. The van der Waals surface area contributed by atoms with Crippen molar-refractivity contribution in [1.82, 2.24) is 4.90 Å². The minimum atomic E-state index is -0.337. The van der Waals surface area contributed by atoms with Gasteiger partial charge in [0.2, 0.25) is 0 Å². The number of ether oxygens (including phenoxy) is 2. The Labute approximate surface area is 168 Å². The molecule has 2 rings (SSSR count). The van der Waals surface area contributed by atoms with E-state index in [9.17, 15) is 4.79 Å². The van der Waals surface area contributed by atoms with Crippen molar-refractivity contribution >= 4 is 23.3 Å². The SMILES string of the molecule is CCN(c1cc(Cl)cc(C(=O)OC)c1C)C1CCC(N(C)CCOC)CC1. The van der Waals surface area contributed by atoms with E-state index in [2.05, 4.69) is 23.8 Å². The quantitative estimate of drug-likeness (QED) is 0.617. The van der Waals surface area contributed by atoms with E-state index < -0.39 is 0 Å². The molecule has 1 saturated carbocycles. The van der Waals surface area contributed by atoms with Crippen molar-refractivity contribution in [3.63, 3.8) is 0 Å². The smallest absolute Gasteiger partial charge is 0.338 e. The Bertz CT molecular complexity index is 630. The summed E-state index contributed by atoms with van der Waals surface area (Å²) in [7, 11) is 5.34. The fraction of sp³-hybridized carbons (Fsp3) is 0.667. The molecule has 1 aliphatic carbocycles. The van der Waals surface area contributed by atoms with E-state index in [0.29, 0.717) is 22.7 Å². The Morgan fingerprint density at radius 1 is 1.19 bits per heavy atom. The van der Waals surface area contributed by atoms with Gasteiger partial charge in [0, 0.05) is 43.0 Å². The molecule has 1 aromatic carbocycles. The monoisotopic (exact) mass is 396 g/mol. The van der Waals surface area contributed by atoms with Gasteiger partial charge in [-0.05, 0) is 64.3 Å². The number of methoxy groups -OCH3 is 2. The van der Waals surface area contributed by atoms with Gasteiger partial charge in [-0.3, -0.25) is 0 Å². The summed E-state index contributed by atoms with van der Waals surface area (Å²) in [4.78, 5) is 16.9. The predicted octanol–water partition coefficient (Wildman–Crippen LogP) is 4.15. The number of hydrogen-bond acceptors (Lipinski definition) is 5. The minimum absolute atomic E-state index is 0.337. The summed E-state index contributed by atoms with van der Waals surface area (Å²) < 4.78 is 10.1. The van der Waals surface area contributed by atoms with Crippen molar-refractivity contribution in [2.24, 2.45) is 0 Å². The van der Waals surface area contributed by atoms with Crippen LogP contribution in [0.4, 0.5) is 5.69 Å². The molecule has 0 bridgehead atoms. The van der Waals surface area contributed by atoms with Gasteiger partial charge < -0.3 is 19.3 Å². The zero-order chi connectivity index (χ0) is 20.0. The van der Waals surface area contributed by atoms with Crippen LogP contribution >= 0.6 is 11.6 Å². The predicted molar refractivity (Wildman–Crippen MR) is 111 cm³/mol. The molecule has 0 saturated heterocycles. The van der Waals surface area contributed by atoms with Crippen LogP contribution in [0, 0.1) is 6.92 Å². The average molecular weight is 397 g/mol. The highest BCUT2D eigenvalue weighted by Gasteiger charge is 2.29. The Morgan fingerprint density at radius 2 is 1.81 bits per heavy atom. The van der Waals surface area contributed by atoms with Crippen LogP contribution in [0.3, 0.4) is 0 Å². The van der Waals surface area contributed by atoms with Gasteiger partial charge in [0.15, 0.2) is 0 Å². The third-order valence-corrected chi connectivity index (χ3v) is 6.00. The van der Waals surface area contributed by atoms with Crippen LogP contribution in [0.1, 0.15) is 48.5 Å². The van der Waals surface area contributed by atoms with Crippen molar-refractivity contribution in [3.05, 3.63) is 28.3 Å². The first-order valence-electron chi connectivity index (χ1n) is 9.77. The largest absolute Gasteiger partial charge is 0.465 e. The van der Waals surface area contributed by atoms with Gasteiger partial charge in [-0.1, -0.05) is 11.6 Å². The first-order chi connectivity index (χ1) is 12.9. The van der Waals surface area contributed by atoms with Crippen LogP contribution < -0.4 is 4.90 Å². The normalized spacial score (nSPS) is 20.0. The van der Waals surface area contributed by atoms with Gasteiger partial charge in [0.05, 0.1) is 19.3 Å². The van der Waals surface area contributed by atoms with Crippen LogP contribution in [-0.4, -0.2) is 63.9 Å². The molecule has 0 heterocycles. The lowest BCUT2D eigenvalue weighted by molar-refractivity contribution is 0.0600. The van der Waals surface area contributed by atoms with Gasteiger partial charge in [0.25, 0.3) is 0 Å². The number of likely N-dealkylation sites (N-methyl/N-ethyl adjacent to an activating group) is 1. The maximum Gasteiger partial charge on any atom is 0.338 e. The highest BCUT2D eigenvalue weighted by Crippen LogP contribution is 2.34. The van der Waals surface area contributed by atoms with Gasteiger partial charge in [-0.2, -0.15) is 0 Å². The highest BCUT2D eigenvalue weighted by molar-refractivity contribution is 6.31. The molecule has 0 amide bonds. The van der Waals surface area contributed by atoms with E-state index in [4.69, 9.17) is 21.1 Å². The van der Waals surface area contributed by atoms with Crippen molar-refractivity contribution in [2.75, 3.05) is 45.9 Å². The summed E-state index contributed by atoms with van der Waals surface area (Å²) in [6, 6.07) is 4.75. The van der Waals surface area contributed by atoms with Crippen LogP contribution in [0.5, 0.6) is 0 Å². The molecule has 0 aromatic heterocycles. The molecular weight excluding hydrogens is 364 g/mol. The van der Waals surface area contributed by atoms with Crippen LogP contribution in [-0.2, 0) is 9.47 Å². The third kappa shape index (κ3) is 5.37. The van der Waals surface area contributed by atoms with Gasteiger partial charge >= 0.3 is 5.97 Å². The lowest BCUT2D eigenvalue weighted by atomic mass is 9.88. The van der Waals surface area contributed by atoms with Crippen molar-refractivity contribution in [2.45, 2.75) is 51.6 Å². The molecule has 0 spiro atoms. The number of anilines is 1. The molecular formula is C21H33ClN2O3. The van der Waals surface area contributed by atoms with E-state index >= 15 is 0 Å². The highest BCUT2D eigenvalue weighted by atomic mass is 35.5. The van der Waals surface area contributed by atoms with E-state index in [-0.39, 0.29) is 5.97 Å². The second-order valence-electron chi connectivity index (χ2n) is 7.31. The molecule has 5 nitrogen and oxygen atoms in total. The summed E-state index contributed by atoms with van der Waals surface area (Å²) in [5.41, 5.74) is 2.53. The maximum atomic E-state index is 12.1. The lowest BCUT2D eigenvalue weighted by Gasteiger charge is -2.41. The maximum absolute atomic E-state index is 12.1. The van der Waals surface area contributed by atoms with Crippen molar-refractivity contribution in [3.8, 4) is 0 Å². The number of carbonyl (C=O) groups excluding carboxylic acids is 1. The van der Waals surface area contributed by atoms with Crippen molar-refractivity contribution in [1.29, 1.82) is 0 Å². The van der Waals surface area contributed by atoms with E-state index in [1.165, 1.54) is 20.0 Å². The molecule has 0 atom stereocenters. The minimum Gasteiger partial charge on any atom is -0.465 e. The molecule has 6 heteroatoms. The lowest BCUT2D eigenvalue weighted by Crippen LogP contribution is -2.44. The zero-order valence-electron chi connectivity index (χ0n) is 17.3. The molecule has 27 heavy (non-hydrogen) atoms. The number of carbonyl (C=O) groups is 1. The molecule has 0 unspecified atom stereocenters. The number of benzene rings is 1. The summed E-state index contributed by atoms with van der Waals surface area (Å²) in [6.07, 6.45) is 4.61. The number of esters is 1. The van der Waals surface area contributed by atoms with Crippen LogP contribution in [0.25, 0.3) is 0 Å². The average Bonchev–Trinajstić information content (AvgIpc) is 2.68. The number of rotatable bonds is 8. The molecule has 1 aliphatic rings. The van der Waals surface area contributed by atoms with E-state index in [1.54, 1.807) is 13.2 Å². The van der Waals surface area contributed by atoms with Crippen LogP contribution in [0.15, 0.2) is 12.1 Å². The molecule has 1 aromatic rings. The van der Waals surface area contributed by atoms with E-state index in [0.717, 1.165) is 43.8 Å². The second-order valence-corrected chi connectivity index (χ2v) is 7.75. The first-order valence-corrected chi connectivity index (χ1v) is 10.1. The fourth-order valence-corrected chi connectivity index (χ4v) is 4.35. The third-order valence-electron chi connectivity index (χ3n) is 5.78. The number of halogens is 1. The van der Waals surface area contributed by atoms with Gasteiger partial charge in [0.1, 0.15) is 0 Å². The van der Waals surface area contributed by atoms with Crippen LogP contribution in [0.2, 0.25) is 5.02 Å². The first kappa shape index (κ1) is 22.0. The summed E-state index contributed by atoms with van der Waals surface area (Å²) >= 11 is 6.32. The summed E-state index contributed by atoms with van der Waals surface area (Å²) in [6.45, 7) is 6.77. The Balaban J connectivity index is 2.14. The van der Waals surface area contributed by atoms with Gasteiger partial charge in [-0.15, -0.1) is 0 Å². The second kappa shape index (κ2) is 10.3. The van der Waals surface area contributed by atoms with Crippen molar-refractivity contribution < 1.29 is 14.3 Å². The van der Waals surface area contributed by atoms with Gasteiger partial charge in [-0.25, -0.2) is 4.79 Å². The topological polar surface area (TPSA) is 42.0 Å². The Kier molecular flexibility index (Phi) is 8.39. The number of nitrogens with zero attached hydrogens (tertiary/aromatic N) is 2. The molecule has 0 aliphatic heterocycles. The molecule has 1 fully saturated rings. The molecule has 0 N–H and O–H groups in total. The Hall–Kier alpha value is -1.30.